The van der Waals surface area contributed by atoms with E-state index in [0.717, 1.165) is 22.1 Å². The zero-order valence-electron chi connectivity index (χ0n) is 12.6. The van der Waals surface area contributed by atoms with Crippen LogP contribution >= 0.6 is 0 Å². The van der Waals surface area contributed by atoms with Gasteiger partial charge in [-0.15, -0.1) is 0 Å². The highest BCUT2D eigenvalue weighted by Crippen LogP contribution is 2.26. The van der Waals surface area contributed by atoms with Gasteiger partial charge in [0.15, 0.2) is 6.61 Å². The largest absolute Gasteiger partial charge is 0.488 e. The SMILES string of the molecule is FC(F)(F)COc1ccc(COc2cccc3ccccc23)cn1. The molecular formula is C18H14F3NO2. The Hall–Kier alpha value is -2.76. The molecule has 0 fully saturated rings. The number of hydrogen-bond donors (Lipinski definition) is 0. The van der Waals surface area contributed by atoms with Gasteiger partial charge >= 0.3 is 6.18 Å². The summed E-state index contributed by atoms with van der Waals surface area (Å²) in [4.78, 5) is 3.85. The van der Waals surface area contributed by atoms with Crippen molar-refractivity contribution in [3.05, 3.63) is 66.4 Å². The molecule has 0 saturated heterocycles. The molecule has 0 unspecified atom stereocenters. The Labute approximate surface area is 136 Å². The number of ether oxygens (including phenoxy) is 2. The lowest BCUT2D eigenvalue weighted by Gasteiger charge is -2.10. The lowest BCUT2D eigenvalue weighted by atomic mass is 10.1. The van der Waals surface area contributed by atoms with Gasteiger partial charge in [0.25, 0.3) is 0 Å². The summed E-state index contributed by atoms with van der Waals surface area (Å²) in [5.74, 6) is 0.673. The fourth-order valence-corrected chi connectivity index (χ4v) is 2.22. The van der Waals surface area contributed by atoms with Crippen LogP contribution in [0.25, 0.3) is 10.8 Å². The Morgan fingerprint density at radius 1 is 0.875 bits per heavy atom. The van der Waals surface area contributed by atoms with E-state index in [1.54, 1.807) is 6.07 Å². The molecule has 0 N–H and O–H groups in total. The molecule has 1 aromatic heterocycles. The van der Waals surface area contributed by atoms with Crippen LogP contribution in [0, 0.1) is 0 Å². The molecule has 0 spiro atoms. The summed E-state index contributed by atoms with van der Waals surface area (Å²) in [6.45, 7) is -1.09. The summed E-state index contributed by atoms with van der Waals surface area (Å²) in [7, 11) is 0. The number of nitrogens with zero attached hydrogens (tertiary/aromatic N) is 1. The van der Waals surface area contributed by atoms with Crippen molar-refractivity contribution < 1.29 is 22.6 Å². The summed E-state index contributed by atoms with van der Waals surface area (Å²) in [6.07, 6.45) is -2.94. The molecule has 3 rings (SSSR count). The van der Waals surface area contributed by atoms with E-state index in [-0.39, 0.29) is 12.5 Å². The number of rotatable bonds is 5. The predicted octanol–water partition coefficient (Wildman–Crippen LogP) is 4.75. The third kappa shape index (κ3) is 4.16. The zero-order valence-corrected chi connectivity index (χ0v) is 12.6. The van der Waals surface area contributed by atoms with E-state index in [1.807, 2.05) is 42.5 Å². The fraction of sp³-hybridized carbons (Fsp3) is 0.167. The number of fused-ring (bicyclic) bond motifs is 1. The van der Waals surface area contributed by atoms with Crippen molar-refractivity contribution in [1.29, 1.82) is 0 Å². The van der Waals surface area contributed by atoms with E-state index in [4.69, 9.17) is 4.74 Å². The average Bonchev–Trinajstić information content (AvgIpc) is 2.58. The van der Waals surface area contributed by atoms with Crippen LogP contribution in [-0.4, -0.2) is 17.8 Å². The number of pyridine rings is 1. The van der Waals surface area contributed by atoms with Gasteiger partial charge in [-0.1, -0.05) is 36.4 Å². The first-order chi connectivity index (χ1) is 11.5. The first-order valence-corrected chi connectivity index (χ1v) is 7.26. The molecule has 0 aliphatic carbocycles. The van der Waals surface area contributed by atoms with Crippen molar-refractivity contribution in [1.82, 2.24) is 4.98 Å². The van der Waals surface area contributed by atoms with Gasteiger partial charge in [-0.05, 0) is 17.5 Å². The van der Waals surface area contributed by atoms with Crippen molar-refractivity contribution in [2.75, 3.05) is 6.61 Å². The Kier molecular flexibility index (Phi) is 4.55. The second-order valence-corrected chi connectivity index (χ2v) is 5.17. The number of benzene rings is 2. The minimum absolute atomic E-state index is 0.0683. The third-order valence-electron chi connectivity index (χ3n) is 3.33. The van der Waals surface area contributed by atoms with Crippen LogP contribution in [0.15, 0.2) is 60.8 Å². The zero-order chi connectivity index (χ0) is 17.0. The highest BCUT2D eigenvalue weighted by atomic mass is 19.4. The normalized spacial score (nSPS) is 11.5. The predicted molar refractivity (Wildman–Crippen MR) is 84.1 cm³/mol. The summed E-state index contributed by atoms with van der Waals surface area (Å²) in [5.41, 5.74) is 0.738. The molecule has 0 amide bonds. The van der Waals surface area contributed by atoms with Gasteiger partial charge in [0, 0.05) is 23.2 Å². The molecule has 0 aliphatic heterocycles. The smallest absolute Gasteiger partial charge is 0.422 e. The van der Waals surface area contributed by atoms with Crippen molar-refractivity contribution in [2.45, 2.75) is 12.8 Å². The molecule has 0 atom stereocenters. The van der Waals surface area contributed by atoms with Crippen LogP contribution in [0.4, 0.5) is 13.2 Å². The van der Waals surface area contributed by atoms with Crippen molar-refractivity contribution >= 4 is 10.8 Å². The second-order valence-electron chi connectivity index (χ2n) is 5.17. The molecular weight excluding hydrogens is 319 g/mol. The first-order valence-electron chi connectivity index (χ1n) is 7.26. The molecule has 0 radical (unpaired) electrons. The molecule has 0 saturated carbocycles. The van der Waals surface area contributed by atoms with Crippen LogP contribution < -0.4 is 9.47 Å². The standard InChI is InChI=1S/C18H14F3NO2/c19-18(20,21)12-24-17-9-8-13(10-22-17)11-23-16-7-3-5-14-4-1-2-6-15(14)16/h1-10H,11-12H2. The maximum atomic E-state index is 12.1. The van der Waals surface area contributed by atoms with Crippen LogP contribution in [0.3, 0.4) is 0 Å². The second kappa shape index (κ2) is 6.78. The van der Waals surface area contributed by atoms with Gasteiger partial charge in [0.1, 0.15) is 12.4 Å². The fourth-order valence-electron chi connectivity index (χ4n) is 2.22. The van der Waals surface area contributed by atoms with Gasteiger partial charge in [0.2, 0.25) is 5.88 Å². The lowest BCUT2D eigenvalue weighted by molar-refractivity contribution is -0.154. The van der Waals surface area contributed by atoms with Gasteiger partial charge in [-0.25, -0.2) is 4.98 Å². The molecule has 0 bridgehead atoms. The summed E-state index contributed by atoms with van der Waals surface area (Å²) >= 11 is 0. The summed E-state index contributed by atoms with van der Waals surface area (Å²) in [5, 5.41) is 2.07. The molecule has 3 nitrogen and oxygen atoms in total. The van der Waals surface area contributed by atoms with E-state index in [1.165, 1.54) is 12.3 Å². The first kappa shape index (κ1) is 16.1. The maximum absolute atomic E-state index is 12.1. The topological polar surface area (TPSA) is 31.4 Å². The van der Waals surface area contributed by atoms with E-state index in [0.29, 0.717) is 0 Å². The highest BCUT2D eigenvalue weighted by molar-refractivity contribution is 5.88. The maximum Gasteiger partial charge on any atom is 0.422 e. The molecule has 0 aliphatic rings. The summed E-state index contributed by atoms with van der Waals surface area (Å²) in [6, 6.07) is 16.7. The molecule has 3 aromatic rings. The van der Waals surface area contributed by atoms with E-state index in [2.05, 4.69) is 9.72 Å². The van der Waals surface area contributed by atoms with E-state index >= 15 is 0 Å². The molecule has 124 valence electrons. The minimum atomic E-state index is -4.38. The third-order valence-corrected chi connectivity index (χ3v) is 3.33. The van der Waals surface area contributed by atoms with Gasteiger partial charge in [-0.3, -0.25) is 0 Å². The minimum Gasteiger partial charge on any atom is -0.488 e. The quantitative estimate of drug-likeness (QED) is 0.675. The van der Waals surface area contributed by atoms with Gasteiger partial charge in [-0.2, -0.15) is 13.2 Å². The van der Waals surface area contributed by atoms with Crippen LogP contribution in [0.2, 0.25) is 0 Å². The van der Waals surface area contributed by atoms with E-state index in [9.17, 15) is 13.2 Å². The van der Waals surface area contributed by atoms with Crippen LogP contribution in [-0.2, 0) is 6.61 Å². The Morgan fingerprint density at radius 3 is 2.42 bits per heavy atom. The molecule has 2 aromatic carbocycles. The molecule has 24 heavy (non-hydrogen) atoms. The lowest BCUT2D eigenvalue weighted by Crippen LogP contribution is -2.19. The Balaban J connectivity index is 1.64. The van der Waals surface area contributed by atoms with Crippen LogP contribution in [0.5, 0.6) is 11.6 Å². The Morgan fingerprint density at radius 2 is 1.67 bits per heavy atom. The average molecular weight is 333 g/mol. The van der Waals surface area contributed by atoms with Gasteiger partial charge in [0.05, 0.1) is 0 Å². The van der Waals surface area contributed by atoms with Gasteiger partial charge < -0.3 is 9.47 Å². The van der Waals surface area contributed by atoms with Crippen molar-refractivity contribution in [2.24, 2.45) is 0 Å². The van der Waals surface area contributed by atoms with Crippen molar-refractivity contribution in [3.8, 4) is 11.6 Å². The summed E-state index contributed by atoms with van der Waals surface area (Å²) < 4.78 is 46.6. The number of halogens is 3. The molecule has 6 heteroatoms. The number of aromatic nitrogens is 1. The number of alkyl halides is 3. The number of hydrogen-bond acceptors (Lipinski definition) is 3. The monoisotopic (exact) mass is 333 g/mol. The van der Waals surface area contributed by atoms with Crippen molar-refractivity contribution in [3.63, 3.8) is 0 Å². The van der Waals surface area contributed by atoms with E-state index < -0.39 is 12.8 Å². The Bertz CT molecular complexity index is 811. The molecule has 1 heterocycles. The highest BCUT2D eigenvalue weighted by Gasteiger charge is 2.28. The van der Waals surface area contributed by atoms with Crippen LogP contribution in [0.1, 0.15) is 5.56 Å².